The lowest BCUT2D eigenvalue weighted by Gasteiger charge is -2.28. The summed E-state index contributed by atoms with van der Waals surface area (Å²) in [7, 11) is 1.59. The minimum atomic E-state index is -0.586. The topological polar surface area (TPSA) is 99.5 Å². The van der Waals surface area contributed by atoms with Crippen LogP contribution in [0.4, 0.5) is 16.0 Å². The van der Waals surface area contributed by atoms with Gasteiger partial charge in [-0.3, -0.25) is 4.79 Å². The predicted octanol–water partition coefficient (Wildman–Crippen LogP) is 4.68. The quantitative estimate of drug-likeness (QED) is 0.423. The molecule has 0 saturated carbocycles. The number of fused-ring (bicyclic) bond motifs is 1. The number of aromatic nitrogens is 3. The molecule has 1 amide bonds. The van der Waals surface area contributed by atoms with Crippen molar-refractivity contribution in [1.29, 1.82) is 0 Å². The van der Waals surface area contributed by atoms with Gasteiger partial charge in [-0.25, -0.2) is 9.07 Å². The molecule has 3 heterocycles. The number of allylic oxidation sites excluding steroid dienone is 1. The summed E-state index contributed by atoms with van der Waals surface area (Å²) >= 11 is 1.46. The average Bonchev–Trinajstić information content (AvgIpc) is 3.53. The fraction of sp³-hybridized carbons (Fsp3) is 0.240. The first-order chi connectivity index (χ1) is 17.5. The molecular weight excluding hydrogens is 485 g/mol. The highest BCUT2D eigenvalue weighted by Crippen LogP contribution is 2.37. The van der Waals surface area contributed by atoms with Gasteiger partial charge in [-0.05, 0) is 42.8 Å². The van der Waals surface area contributed by atoms with Crippen LogP contribution < -0.4 is 15.4 Å². The van der Waals surface area contributed by atoms with Gasteiger partial charge in [0.1, 0.15) is 30.1 Å². The fourth-order valence-corrected chi connectivity index (χ4v) is 4.81. The third kappa shape index (κ3) is 5.01. The monoisotopic (exact) mass is 509 g/mol. The Bertz CT molecular complexity index is 1330. The molecule has 3 aromatic rings. The summed E-state index contributed by atoms with van der Waals surface area (Å²) in [5.41, 5.74) is 2.20. The van der Waals surface area contributed by atoms with Crippen LogP contribution in [0, 0.1) is 5.82 Å². The molecule has 2 N–H and O–H groups in total. The van der Waals surface area contributed by atoms with Crippen molar-refractivity contribution >= 4 is 29.3 Å². The van der Waals surface area contributed by atoms with Gasteiger partial charge in [-0.1, -0.05) is 30.0 Å². The fourth-order valence-electron chi connectivity index (χ4n) is 4.03. The molecule has 11 heteroatoms. The van der Waals surface area contributed by atoms with Crippen molar-refractivity contribution in [2.75, 3.05) is 23.5 Å². The number of anilines is 2. The average molecular weight is 510 g/mol. The summed E-state index contributed by atoms with van der Waals surface area (Å²) in [6.45, 7) is 1.81. The number of rotatable bonds is 8. The molecule has 1 atom stereocenters. The van der Waals surface area contributed by atoms with Crippen molar-refractivity contribution in [3.8, 4) is 5.75 Å². The summed E-state index contributed by atoms with van der Waals surface area (Å²) in [6, 6.07) is 12.6. The molecule has 9 nitrogen and oxygen atoms in total. The number of methoxy groups -OCH3 is 1. The molecule has 0 bridgehead atoms. The zero-order valence-electron chi connectivity index (χ0n) is 19.6. The van der Waals surface area contributed by atoms with Gasteiger partial charge < -0.3 is 24.8 Å². The number of nitrogens with zero attached hydrogens (tertiary/aromatic N) is 3. The first-order valence-electron chi connectivity index (χ1n) is 11.3. The highest BCUT2D eigenvalue weighted by atomic mass is 32.2. The zero-order valence-corrected chi connectivity index (χ0v) is 20.4. The number of hydrogen-bond donors (Lipinski definition) is 2. The van der Waals surface area contributed by atoms with E-state index in [0.29, 0.717) is 46.0 Å². The summed E-state index contributed by atoms with van der Waals surface area (Å²) in [6.07, 6.45) is 3.40. The lowest BCUT2D eigenvalue weighted by Crippen LogP contribution is -2.31. The van der Waals surface area contributed by atoms with Crippen LogP contribution in [0.2, 0.25) is 0 Å². The Balaban J connectivity index is 1.45. The first-order valence-corrected chi connectivity index (χ1v) is 12.2. The van der Waals surface area contributed by atoms with E-state index in [4.69, 9.17) is 19.3 Å². The zero-order chi connectivity index (χ0) is 25.1. The molecule has 2 aromatic carbocycles. The second-order valence-electron chi connectivity index (χ2n) is 8.08. The van der Waals surface area contributed by atoms with Crippen LogP contribution in [0.3, 0.4) is 0 Å². The van der Waals surface area contributed by atoms with Gasteiger partial charge in [0.2, 0.25) is 17.4 Å². The predicted molar refractivity (Wildman–Crippen MR) is 133 cm³/mol. The van der Waals surface area contributed by atoms with E-state index in [1.165, 1.54) is 36.4 Å². The summed E-state index contributed by atoms with van der Waals surface area (Å²) in [5.74, 6) is 1.03. The Morgan fingerprint density at radius 3 is 2.81 bits per heavy atom. The maximum Gasteiger partial charge on any atom is 0.255 e. The van der Waals surface area contributed by atoms with Crippen LogP contribution in [0.1, 0.15) is 24.9 Å². The van der Waals surface area contributed by atoms with Crippen molar-refractivity contribution in [2.45, 2.75) is 30.8 Å². The molecule has 0 saturated heterocycles. The molecule has 2 aliphatic rings. The molecule has 1 aromatic heterocycles. The van der Waals surface area contributed by atoms with Crippen LogP contribution in [0.5, 0.6) is 5.75 Å². The first kappa shape index (κ1) is 23.7. The second kappa shape index (κ2) is 10.3. The highest BCUT2D eigenvalue weighted by molar-refractivity contribution is 7.99. The normalized spacial score (nSPS) is 16.7. The van der Waals surface area contributed by atoms with Crippen LogP contribution >= 0.6 is 11.8 Å². The SMILES string of the molecule is COc1cccc(C2C(C(=O)Nc3cccc(F)c3)=C(C)Nc3nc(SCCC4OC=CO4)nn32)c1. The Hall–Kier alpha value is -3.99. The number of ether oxygens (including phenoxy) is 3. The van der Waals surface area contributed by atoms with Crippen LogP contribution in [-0.4, -0.2) is 39.8 Å². The molecule has 0 aliphatic carbocycles. The van der Waals surface area contributed by atoms with E-state index < -0.39 is 11.9 Å². The minimum Gasteiger partial charge on any atom is -0.497 e. The van der Waals surface area contributed by atoms with Crippen molar-refractivity contribution in [3.05, 3.63) is 83.7 Å². The molecule has 0 radical (unpaired) electrons. The molecule has 1 unspecified atom stereocenters. The Morgan fingerprint density at radius 1 is 1.22 bits per heavy atom. The Labute approximate surface area is 211 Å². The number of benzene rings is 2. The van der Waals surface area contributed by atoms with Gasteiger partial charge in [0, 0.05) is 23.6 Å². The van der Waals surface area contributed by atoms with Crippen LogP contribution in [-0.2, 0) is 14.3 Å². The van der Waals surface area contributed by atoms with E-state index in [-0.39, 0.29) is 12.2 Å². The molecule has 5 rings (SSSR count). The third-order valence-corrected chi connectivity index (χ3v) is 6.54. The molecule has 0 fully saturated rings. The maximum absolute atomic E-state index is 13.7. The van der Waals surface area contributed by atoms with Crippen molar-refractivity contribution in [1.82, 2.24) is 14.8 Å². The maximum atomic E-state index is 13.7. The molecular formula is C25H24FN5O4S. The summed E-state index contributed by atoms with van der Waals surface area (Å²) in [4.78, 5) is 18.1. The number of hydrogen-bond acceptors (Lipinski definition) is 8. The van der Waals surface area contributed by atoms with E-state index in [9.17, 15) is 9.18 Å². The molecule has 186 valence electrons. The molecule has 0 spiro atoms. The summed E-state index contributed by atoms with van der Waals surface area (Å²) < 4.78 is 31.5. The van der Waals surface area contributed by atoms with Crippen molar-refractivity contribution in [3.63, 3.8) is 0 Å². The number of amides is 1. The lowest BCUT2D eigenvalue weighted by molar-refractivity contribution is -0.113. The Morgan fingerprint density at radius 2 is 2.03 bits per heavy atom. The molecule has 36 heavy (non-hydrogen) atoms. The number of halogens is 1. The van der Waals surface area contributed by atoms with Gasteiger partial charge in [0.05, 0.1) is 12.7 Å². The van der Waals surface area contributed by atoms with E-state index in [1.807, 2.05) is 24.3 Å². The standard InChI is InChI=1S/C25H24FN5O4S/c1-15-21(23(32)28-18-7-4-6-17(26)14-18)22(16-5-3-8-19(13-16)33-2)31-24(27-15)29-25(30-31)36-12-9-20-34-10-11-35-20/h3-8,10-11,13-14,20,22H,9,12H2,1-2H3,(H,28,32)(H,27,29,30). The Kier molecular flexibility index (Phi) is 6.81. The number of nitrogens with one attached hydrogen (secondary N) is 2. The smallest absolute Gasteiger partial charge is 0.255 e. The largest absolute Gasteiger partial charge is 0.497 e. The van der Waals surface area contributed by atoms with E-state index in [1.54, 1.807) is 30.8 Å². The number of carbonyl (C=O) groups is 1. The van der Waals surface area contributed by atoms with E-state index in [0.717, 1.165) is 5.56 Å². The highest BCUT2D eigenvalue weighted by Gasteiger charge is 2.34. The molecule has 2 aliphatic heterocycles. The van der Waals surface area contributed by atoms with Gasteiger partial charge in [-0.2, -0.15) is 4.98 Å². The van der Waals surface area contributed by atoms with E-state index in [2.05, 4.69) is 15.6 Å². The number of carbonyl (C=O) groups excluding carboxylic acids is 1. The van der Waals surface area contributed by atoms with Crippen LogP contribution in [0.15, 0.2) is 77.5 Å². The third-order valence-electron chi connectivity index (χ3n) is 5.67. The van der Waals surface area contributed by atoms with Gasteiger partial charge in [0.25, 0.3) is 5.91 Å². The van der Waals surface area contributed by atoms with Crippen molar-refractivity contribution < 1.29 is 23.4 Å². The van der Waals surface area contributed by atoms with Crippen LogP contribution in [0.25, 0.3) is 0 Å². The van der Waals surface area contributed by atoms with Gasteiger partial charge >= 0.3 is 0 Å². The van der Waals surface area contributed by atoms with Gasteiger partial charge in [-0.15, -0.1) is 5.10 Å². The lowest BCUT2D eigenvalue weighted by atomic mass is 9.95. The number of thioether (sulfide) groups is 1. The van der Waals surface area contributed by atoms with E-state index >= 15 is 0 Å². The summed E-state index contributed by atoms with van der Waals surface area (Å²) in [5, 5.41) is 11.3. The van der Waals surface area contributed by atoms with Gasteiger partial charge in [0.15, 0.2) is 0 Å². The minimum absolute atomic E-state index is 0.306. The second-order valence-corrected chi connectivity index (χ2v) is 9.14. The van der Waals surface area contributed by atoms with Crippen molar-refractivity contribution in [2.24, 2.45) is 0 Å².